The lowest BCUT2D eigenvalue weighted by Crippen LogP contribution is -2.56. The Balaban J connectivity index is 1.54. The molecule has 2 bridgehead atoms. The molecule has 0 aromatic rings. The Morgan fingerprint density at radius 3 is 2.40 bits per heavy atom. The van der Waals surface area contributed by atoms with Gasteiger partial charge in [-0.25, -0.2) is 0 Å². The third-order valence-corrected chi connectivity index (χ3v) is 5.34. The molecule has 0 aromatic carbocycles. The van der Waals surface area contributed by atoms with Crippen molar-refractivity contribution in [3.05, 3.63) is 0 Å². The molecule has 0 spiro atoms. The molecule has 5 heteroatoms. The maximum atomic E-state index is 12.8. The second-order valence-corrected chi connectivity index (χ2v) is 6.63. The van der Waals surface area contributed by atoms with Gasteiger partial charge in [0.1, 0.15) is 6.04 Å². The molecule has 2 aliphatic heterocycles. The van der Waals surface area contributed by atoms with Gasteiger partial charge in [0.15, 0.2) is 0 Å². The van der Waals surface area contributed by atoms with Crippen molar-refractivity contribution in [2.75, 3.05) is 26.3 Å². The number of nitrogens with zero attached hydrogens (tertiary/aromatic N) is 2. The molecule has 0 radical (unpaired) electrons. The standard InChI is InChI=1S/C15H22N2O3/c18-14(10-1-2-10)17-12-4-3-11(9-12)13(17)15(19)16-5-7-20-8-6-16/h10-13H,1-9H2. The molecular weight excluding hydrogens is 256 g/mol. The fourth-order valence-electron chi connectivity index (χ4n) is 4.13. The van der Waals surface area contributed by atoms with Gasteiger partial charge in [0, 0.05) is 25.0 Å². The van der Waals surface area contributed by atoms with Gasteiger partial charge in [-0.3, -0.25) is 9.59 Å². The van der Waals surface area contributed by atoms with Gasteiger partial charge in [0.25, 0.3) is 0 Å². The smallest absolute Gasteiger partial charge is 0.245 e. The number of amides is 2. The van der Waals surface area contributed by atoms with Gasteiger partial charge in [-0.15, -0.1) is 0 Å². The molecule has 2 aliphatic carbocycles. The van der Waals surface area contributed by atoms with Gasteiger partial charge in [0.05, 0.1) is 13.2 Å². The molecule has 3 unspecified atom stereocenters. The molecule has 2 saturated carbocycles. The van der Waals surface area contributed by atoms with Gasteiger partial charge in [-0.05, 0) is 38.0 Å². The minimum atomic E-state index is -0.167. The summed E-state index contributed by atoms with van der Waals surface area (Å²) < 4.78 is 5.32. The van der Waals surface area contributed by atoms with E-state index >= 15 is 0 Å². The van der Waals surface area contributed by atoms with Crippen LogP contribution in [0.25, 0.3) is 0 Å². The van der Waals surface area contributed by atoms with Gasteiger partial charge in [-0.1, -0.05) is 0 Å². The van der Waals surface area contributed by atoms with Gasteiger partial charge < -0.3 is 14.5 Å². The fourth-order valence-corrected chi connectivity index (χ4v) is 4.13. The summed E-state index contributed by atoms with van der Waals surface area (Å²) in [5, 5.41) is 0. The van der Waals surface area contributed by atoms with Crippen LogP contribution in [0.5, 0.6) is 0 Å². The van der Waals surface area contributed by atoms with E-state index in [-0.39, 0.29) is 23.8 Å². The molecule has 0 aromatic heterocycles. The molecule has 110 valence electrons. The van der Waals surface area contributed by atoms with Crippen LogP contribution in [0.3, 0.4) is 0 Å². The number of ether oxygens (including phenoxy) is 1. The first kappa shape index (κ1) is 12.6. The van der Waals surface area contributed by atoms with Crippen LogP contribution in [0.1, 0.15) is 32.1 Å². The summed E-state index contributed by atoms with van der Waals surface area (Å²) in [5.41, 5.74) is 0. The first-order chi connectivity index (χ1) is 9.75. The van der Waals surface area contributed by atoms with E-state index in [1.807, 2.05) is 9.80 Å². The van der Waals surface area contributed by atoms with E-state index in [0.29, 0.717) is 38.3 Å². The van der Waals surface area contributed by atoms with Gasteiger partial charge >= 0.3 is 0 Å². The lowest BCUT2D eigenvalue weighted by molar-refractivity contribution is -0.151. The van der Waals surface area contributed by atoms with Crippen LogP contribution in [0.4, 0.5) is 0 Å². The van der Waals surface area contributed by atoms with Crippen molar-refractivity contribution in [3.8, 4) is 0 Å². The van der Waals surface area contributed by atoms with Crippen molar-refractivity contribution >= 4 is 11.8 Å². The van der Waals surface area contributed by atoms with E-state index < -0.39 is 0 Å². The highest BCUT2D eigenvalue weighted by molar-refractivity contribution is 5.91. The highest BCUT2D eigenvalue weighted by atomic mass is 16.5. The zero-order chi connectivity index (χ0) is 13.7. The number of morpholine rings is 1. The number of piperidine rings is 1. The summed E-state index contributed by atoms with van der Waals surface area (Å²) in [6.45, 7) is 2.61. The lowest BCUT2D eigenvalue weighted by Gasteiger charge is -2.38. The number of carbonyl (C=O) groups excluding carboxylic acids is 2. The number of fused-ring (bicyclic) bond motifs is 2. The molecule has 4 aliphatic rings. The number of carbonyl (C=O) groups is 2. The predicted octanol–water partition coefficient (Wildman–Crippen LogP) is 0.635. The van der Waals surface area contributed by atoms with Crippen molar-refractivity contribution in [2.45, 2.75) is 44.2 Å². The van der Waals surface area contributed by atoms with Crippen LogP contribution in [-0.2, 0) is 14.3 Å². The van der Waals surface area contributed by atoms with E-state index in [4.69, 9.17) is 4.74 Å². The van der Waals surface area contributed by atoms with E-state index in [1.54, 1.807) is 0 Å². The minimum absolute atomic E-state index is 0.167. The SMILES string of the molecule is O=C(C1C2CCC(C2)N1C(=O)C1CC1)N1CCOCC1. The maximum absolute atomic E-state index is 12.8. The number of hydrogen-bond acceptors (Lipinski definition) is 3. The Morgan fingerprint density at radius 2 is 1.70 bits per heavy atom. The first-order valence-electron chi connectivity index (χ1n) is 7.94. The van der Waals surface area contributed by atoms with Crippen molar-refractivity contribution < 1.29 is 14.3 Å². The molecule has 4 rings (SSSR count). The zero-order valence-electron chi connectivity index (χ0n) is 11.8. The van der Waals surface area contributed by atoms with Crippen LogP contribution in [0.15, 0.2) is 0 Å². The van der Waals surface area contributed by atoms with E-state index in [1.165, 1.54) is 0 Å². The normalized spacial score (nSPS) is 36.5. The fraction of sp³-hybridized carbons (Fsp3) is 0.867. The Hall–Kier alpha value is -1.10. The van der Waals surface area contributed by atoms with Gasteiger partial charge in [-0.2, -0.15) is 0 Å². The highest BCUT2D eigenvalue weighted by Crippen LogP contribution is 2.46. The third kappa shape index (κ3) is 1.94. The second kappa shape index (κ2) is 4.72. The summed E-state index contributed by atoms with van der Waals surface area (Å²) in [6, 6.07) is 0.169. The molecule has 3 atom stereocenters. The van der Waals surface area contributed by atoms with E-state index in [0.717, 1.165) is 32.1 Å². The first-order valence-corrected chi connectivity index (χ1v) is 7.94. The number of likely N-dealkylation sites (tertiary alicyclic amines) is 1. The predicted molar refractivity (Wildman–Crippen MR) is 71.9 cm³/mol. The third-order valence-electron chi connectivity index (χ3n) is 5.34. The number of hydrogen-bond donors (Lipinski definition) is 0. The topological polar surface area (TPSA) is 49.9 Å². The quantitative estimate of drug-likeness (QED) is 0.744. The number of rotatable bonds is 2. The van der Waals surface area contributed by atoms with Crippen molar-refractivity contribution in [3.63, 3.8) is 0 Å². The molecular formula is C15H22N2O3. The molecule has 4 fully saturated rings. The average Bonchev–Trinajstić information content (AvgIpc) is 3.15. The van der Waals surface area contributed by atoms with Crippen LogP contribution < -0.4 is 0 Å². The second-order valence-electron chi connectivity index (χ2n) is 6.63. The summed E-state index contributed by atoms with van der Waals surface area (Å²) in [5.74, 6) is 1.05. The maximum Gasteiger partial charge on any atom is 0.245 e. The Bertz CT molecular complexity index is 429. The summed E-state index contributed by atoms with van der Waals surface area (Å²) >= 11 is 0. The molecule has 5 nitrogen and oxygen atoms in total. The highest BCUT2D eigenvalue weighted by Gasteiger charge is 2.54. The van der Waals surface area contributed by atoms with Crippen LogP contribution in [-0.4, -0.2) is 60.0 Å². The Labute approximate surface area is 119 Å². The summed E-state index contributed by atoms with van der Waals surface area (Å²) in [6.07, 6.45) is 5.28. The van der Waals surface area contributed by atoms with Crippen molar-refractivity contribution in [1.82, 2.24) is 9.80 Å². The van der Waals surface area contributed by atoms with Crippen LogP contribution in [0, 0.1) is 11.8 Å². The lowest BCUT2D eigenvalue weighted by atomic mass is 9.96. The zero-order valence-corrected chi connectivity index (χ0v) is 11.8. The average molecular weight is 278 g/mol. The minimum Gasteiger partial charge on any atom is -0.378 e. The largest absolute Gasteiger partial charge is 0.378 e. The van der Waals surface area contributed by atoms with Crippen molar-refractivity contribution in [2.24, 2.45) is 11.8 Å². The molecule has 2 amide bonds. The molecule has 2 saturated heterocycles. The van der Waals surface area contributed by atoms with Crippen LogP contribution >= 0.6 is 0 Å². The Kier molecular flexibility index (Phi) is 2.98. The molecule has 20 heavy (non-hydrogen) atoms. The van der Waals surface area contributed by atoms with Crippen molar-refractivity contribution in [1.29, 1.82) is 0 Å². The summed E-state index contributed by atoms with van der Waals surface area (Å²) in [4.78, 5) is 29.2. The van der Waals surface area contributed by atoms with E-state index in [9.17, 15) is 9.59 Å². The monoisotopic (exact) mass is 278 g/mol. The molecule has 2 heterocycles. The van der Waals surface area contributed by atoms with Gasteiger partial charge in [0.2, 0.25) is 11.8 Å². The van der Waals surface area contributed by atoms with Crippen LogP contribution in [0.2, 0.25) is 0 Å². The summed E-state index contributed by atoms with van der Waals surface area (Å²) in [7, 11) is 0. The van der Waals surface area contributed by atoms with E-state index in [2.05, 4.69) is 0 Å². The molecule has 0 N–H and O–H groups in total. The Morgan fingerprint density at radius 1 is 0.950 bits per heavy atom.